The number of aromatic nitrogens is 1. The number of ether oxygens (including phenoxy) is 1. The van der Waals surface area contributed by atoms with Gasteiger partial charge in [-0.3, -0.25) is 4.98 Å². The zero-order valence-corrected chi connectivity index (χ0v) is 9.69. The van der Waals surface area contributed by atoms with E-state index in [0.29, 0.717) is 5.52 Å². The Morgan fingerprint density at radius 3 is 2.83 bits per heavy atom. The number of rotatable bonds is 3. The number of halogens is 2. The highest BCUT2D eigenvalue weighted by Crippen LogP contribution is 2.34. The predicted octanol–water partition coefficient (Wildman–Crippen LogP) is 2.89. The quantitative estimate of drug-likeness (QED) is 0.787. The van der Waals surface area contributed by atoms with Crippen LogP contribution in [0.15, 0.2) is 36.5 Å². The van der Waals surface area contributed by atoms with E-state index in [2.05, 4.69) is 9.72 Å². The average molecular weight is 251 g/mol. The number of hydrogen-bond donors (Lipinski definition) is 0. The normalized spacial score (nSPS) is 11.5. The minimum absolute atomic E-state index is 0.0859. The van der Waals surface area contributed by atoms with Crippen LogP contribution in [0.25, 0.3) is 10.9 Å². The van der Waals surface area contributed by atoms with Gasteiger partial charge in [-0.05, 0) is 19.1 Å². The number of esters is 1. The third-order valence-electron chi connectivity index (χ3n) is 2.52. The molecule has 0 amide bonds. The molecular formula is C13H11F2NO2. The van der Waals surface area contributed by atoms with Gasteiger partial charge >= 0.3 is 11.9 Å². The lowest BCUT2D eigenvalue weighted by Gasteiger charge is -2.16. The van der Waals surface area contributed by atoms with Gasteiger partial charge in [0.2, 0.25) is 0 Å². The van der Waals surface area contributed by atoms with E-state index in [4.69, 9.17) is 0 Å². The molecule has 94 valence electrons. The van der Waals surface area contributed by atoms with E-state index in [1.807, 2.05) is 0 Å². The fourth-order valence-electron chi connectivity index (χ4n) is 1.71. The van der Waals surface area contributed by atoms with Crippen molar-refractivity contribution in [1.29, 1.82) is 0 Å². The molecular weight excluding hydrogens is 240 g/mol. The molecule has 1 heterocycles. The fourth-order valence-corrected chi connectivity index (χ4v) is 1.71. The highest BCUT2D eigenvalue weighted by Gasteiger charge is 2.43. The first kappa shape index (κ1) is 12.4. The van der Waals surface area contributed by atoms with Crippen LogP contribution in [0.2, 0.25) is 0 Å². The molecule has 0 atom stereocenters. The monoisotopic (exact) mass is 251 g/mol. The summed E-state index contributed by atoms with van der Waals surface area (Å²) >= 11 is 0. The average Bonchev–Trinajstić information content (AvgIpc) is 2.38. The summed E-state index contributed by atoms with van der Waals surface area (Å²) < 4.78 is 32.3. The maximum absolute atomic E-state index is 14.0. The number of carbonyl (C=O) groups excluding carboxylic acids is 1. The van der Waals surface area contributed by atoms with Crippen molar-refractivity contribution < 1.29 is 18.3 Å². The summed E-state index contributed by atoms with van der Waals surface area (Å²) in [6.07, 6.45) is 1.51. The Labute approximate surface area is 102 Å². The number of pyridine rings is 1. The maximum atomic E-state index is 14.0. The molecule has 2 rings (SSSR count). The molecule has 0 radical (unpaired) electrons. The molecule has 2 aromatic rings. The van der Waals surface area contributed by atoms with Crippen LogP contribution in [-0.2, 0) is 15.5 Å². The molecule has 0 aliphatic heterocycles. The lowest BCUT2D eigenvalue weighted by Crippen LogP contribution is -2.28. The molecule has 0 spiro atoms. The van der Waals surface area contributed by atoms with Crippen LogP contribution in [0, 0.1) is 0 Å². The Balaban J connectivity index is 2.56. The number of nitrogens with zero attached hydrogens (tertiary/aromatic N) is 1. The Bertz CT molecular complexity index is 579. The smallest absolute Gasteiger partial charge is 0.382 e. The summed E-state index contributed by atoms with van der Waals surface area (Å²) in [4.78, 5) is 15.3. The number of alkyl halides is 2. The van der Waals surface area contributed by atoms with E-state index >= 15 is 0 Å². The summed E-state index contributed by atoms with van der Waals surface area (Å²) in [5.41, 5.74) is 0.0329. The third-order valence-corrected chi connectivity index (χ3v) is 2.52. The Hall–Kier alpha value is -2.04. The van der Waals surface area contributed by atoms with E-state index in [1.54, 1.807) is 12.1 Å². The van der Waals surface area contributed by atoms with Gasteiger partial charge in [0, 0.05) is 17.1 Å². The molecule has 0 saturated heterocycles. The third kappa shape index (κ3) is 2.03. The zero-order valence-electron chi connectivity index (χ0n) is 9.69. The molecule has 0 unspecified atom stereocenters. The van der Waals surface area contributed by atoms with Crippen LogP contribution in [0.5, 0.6) is 0 Å². The Kier molecular flexibility index (Phi) is 3.23. The van der Waals surface area contributed by atoms with Crippen molar-refractivity contribution in [2.24, 2.45) is 0 Å². The van der Waals surface area contributed by atoms with Gasteiger partial charge in [-0.25, -0.2) is 4.79 Å². The molecule has 0 fully saturated rings. The zero-order chi connectivity index (χ0) is 13.2. The molecule has 0 aliphatic rings. The van der Waals surface area contributed by atoms with Crippen LogP contribution in [0.4, 0.5) is 8.78 Å². The molecule has 1 aromatic heterocycles. The second kappa shape index (κ2) is 4.68. The van der Waals surface area contributed by atoms with Gasteiger partial charge in [0.1, 0.15) is 0 Å². The topological polar surface area (TPSA) is 39.2 Å². The van der Waals surface area contributed by atoms with E-state index in [-0.39, 0.29) is 17.6 Å². The van der Waals surface area contributed by atoms with E-state index < -0.39 is 11.9 Å². The van der Waals surface area contributed by atoms with E-state index in [1.165, 1.54) is 31.3 Å². The highest BCUT2D eigenvalue weighted by molar-refractivity contribution is 5.89. The summed E-state index contributed by atoms with van der Waals surface area (Å²) in [6.45, 7) is 1.40. The van der Waals surface area contributed by atoms with Crippen molar-refractivity contribution in [3.8, 4) is 0 Å². The molecule has 0 N–H and O–H groups in total. The van der Waals surface area contributed by atoms with E-state index in [9.17, 15) is 13.6 Å². The van der Waals surface area contributed by atoms with Crippen LogP contribution in [0.1, 0.15) is 12.5 Å². The lowest BCUT2D eigenvalue weighted by molar-refractivity contribution is -0.172. The number of fused-ring (bicyclic) bond motifs is 1. The van der Waals surface area contributed by atoms with Crippen molar-refractivity contribution in [3.63, 3.8) is 0 Å². The fraction of sp³-hybridized carbons (Fsp3) is 0.231. The molecule has 0 aliphatic carbocycles. The second-order valence-corrected chi connectivity index (χ2v) is 3.67. The van der Waals surface area contributed by atoms with Crippen LogP contribution in [-0.4, -0.2) is 17.6 Å². The molecule has 1 aromatic carbocycles. The van der Waals surface area contributed by atoms with Gasteiger partial charge < -0.3 is 4.74 Å². The minimum atomic E-state index is -3.67. The second-order valence-electron chi connectivity index (χ2n) is 3.67. The van der Waals surface area contributed by atoms with E-state index in [0.717, 1.165) is 0 Å². The molecule has 0 bridgehead atoms. The first-order valence-corrected chi connectivity index (χ1v) is 5.46. The van der Waals surface area contributed by atoms with Crippen molar-refractivity contribution >= 4 is 16.9 Å². The van der Waals surface area contributed by atoms with Gasteiger partial charge in [0.15, 0.2) is 0 Å². The summed E-state index contributed by atoms with van der Waals surface area (Å²) in [6, 6.07) is 7.32. The predicted molar refractivity (Wildman–Crippen MR) is 62.3 cm³/mol. The maximum Gasteiger partial charge on any atom is 0.382 e. The molecule has 5 heteroatoms. The van der Waals surface area contributed by atoms with Crippen molar-refractivity contribution in [3.05, 3.63) is 42.1 Å². The van der Waals surface area contributed by atoms with Gasteiger partial charge in [-0.1, -0.05) is 18.2 Å². The van der Waals surface area contributed by atoms with Gasteiger partial charge in [-0.15, -0.1) is 0 Å². The minimum Gasteiger partial charge on any atom is -0.461 e. The van der Waals surface area contributed by atoms with Gasteiger partial charge in [-0.2, -0.15) is 8.78 Å². The molecule has 0 saturated carbocycles. The Morgan fingerprint density at radius 1 is 1.33 bits per heavy atom. The van der Waals surface area contributed by atoms with Crippen molar-refractivity contribution in [2.45, 2.75) is 12.8 Å². The lowest BCUT2D eigenvalue weighted by atomic mass is 10.0. The van der Waals surface area contributed by atoms with Gasteiger partial charge in [0.05, 0.1) is 12.1 Å². The summed E-state index contributed by atoms with van der Waals surface area (Å²) in [7, 11) is 0. The summed E-state index contributed by atoms with van der Waals surface area (Å²) in [5, 5.41) is 0.248. The van der Waals surface area contributed by atoms with Gasteiger partial charge in [0.25, 0.3) is 0 Å². The molecule has 18 heavy (non-hydrogen) atoms. The number of benzene rings is 1. The van der Waals surface area contributed by atoms with Crippen molar-refractivity contribution in [2.75, 3.05) is 6.61 Å². The van der Waals surface area contributed by atoms with Crippen LogP contribution < -0.4 is 0 Å². The highest BCUT2D eigenvalue weighted by atomic mass is 19.3. The van der Waals surface area contributed by atoms with Crippen LogP contribution >= 0.6 is 0 Å². The largest absolute Gasteiger partial charge is 0.461 e. The standard InChI is InChI=1S/C13H11F2NO2/c1-2-18-12(17)13(14,15)10-6-3-7-11-9(10)5-4-8-16-11/h3-8H,2H2,1H3. The number of hydrogen-bond acceptors (Lipinski definition) is 3. The number of carbonyl (C=O) groups is 1. The van der Waals surface area contributed by atoms with Crippen LogP contribution in [0.3, 0.4) is 0 Å². The summed E-state index contributed by atoms with van der Waals surface area (Å²) in [5.74, 6) is -5.21. The van der Waals surface area contributed by atoms with Crippen molar-refractivity contribution in [1.82, 2.24) is 4.98 Å². The molecule has 3 nitrogen and oxygen atoms in total. The Morgan fingerprint density at radius 2 is 2.11 bits per heavy atom. The first-order valence-electron chi connectivity index (χ1n) is 5.46. The SMILES string of the molecule is CCOC(=O)C(F)(F)c1cccc2ncccc12. The first-order chi connectivity index (χ1) is 8.57.